The van der Waals surface area contributed by atoms with Gasteiger partial charge in [0.25, 0.3) is 0 Å². The van der Waals surface area contributed by atoms with Gasteiger partial charge in [0.15, 0.2) is 0 Å². The van der Waals surface area contributed by atoms with E-state index in [2.05, 4.69) is 50.4 Å². The van der Waals surface area contributed by atoms with Crippen molar-refractivity contribution in [3.63, 3.8) is 0 Å². The van der Waals surface area contributed by atoms with Crippen molar-refractivity contribution in [2.75, 3.05) is 13.7 Å². The number of benzene rings is 1. The van der Waals surface area contributed by atoms with Gasteiger partial charge < -0.3 is 10.1 Å². The molecule has 20 heavy (non-hydrogen) atoms. The highest BCUT2D eigenvalue weighted by Crippen LogP contribution is 2.22. The average molecular weight is 277 g/mol. The summed E-state index contributed by atoms with van der Waals surface area (Å²) >= 11 is 0. The summed E-state index contributed by atoms with van der Waals surface area (Å²) in [6.07, 6.45) is 1.29. The molecule has 0 saturated carbocycles. The van der Waals surface area contributed by atoms with Crippen LogP contribution in [0, 0.1) is 0 Å². The van der Waals surface area contributed by atoms with Gasteiger partial charge in [-0.25, -0.2) is 0 Å². The lowest BCUT2D eigenvalue weighted by Gasteiger charge is -2.19. The highest BCUT2D eigenvalue weighted by molar-refractivity contribution is 5.76. The SMILES string of the molecule is COC[C@H](C)NC(=O)CCc1ccc(C(C)(C)C)cc1. The van der Waals surface area contributed by atoms with Crippen molar-refractivity contribution in [1.29, 1.82) is 0 Å². The minimum Gasteiger partial charge on any atom is -0.383 e. The van der Waals surface area contributed by atoms with Gasteiger partial charge in [0.2, 0.25) is 5.91 Å². The van der Waals surface area contributed by atoms with Crippen molar-refractivity contribution in [1.82, 2.24) is 5.32 Å². The van der Waals surface area contributed by atoms with E-state index in [1.807, 2.05) is 6.92 Å². The van der Waals surface area contributed by atoms with E-state index in [1.165, 1.54) is 11.1 Å². The molecule has 1 atom stereocenters. The zero-order valence-corrected chi connectivity index (χ0v) is 13.3. The Balaban J connectivity index is 2.44. The molecule has 1 aromatic carbocycles. The molecule has 0 aliphatic heterocycles. The van der Waals surface area contributed by atoms with Crippen molar-refractivity contribution in [2.45, 2.75) is 52.0 Å². The first kappa shape index (κ1) is 16.7. The molecule has 0 saturated heterocycles. The molecule has 0 radical (unpaired) electrons. The van der Waals surface area contributed by atoms with Crippen LogP contribution in [0.4, 0.5) is 0 Å². The normalized spacial score (nSPS) is 13.1. The lowest BCUT2D eigenvalue weighted by Crippen LogP contribution is -2.35. The Morgan fingerprint density at radius 2 is 1.85 bits per heavy atom. The molecule has 0 heterocycles. The molecule has 0 unspecified atom stereocenters. The van der Waals surface area contributed by atoms with E-state index in [0.717, 1.165) is 6.42 Å². The molecule has 1 amide bonds. The van der Waals surface area contributed by atoms with Gasteiger partial charge in [-0.15, -0.1) is 0 Å². The van der Waals surface area contributed by atoms with Gasteiger partial charge in [-0.05, 0) is 29.9 Å². The average Bonchev–Trinajstić information content (AvgIpc) is 2.36. The van der Waals surface area contributed by atoms with E-state index in [1.54, 1.807) is 7.11 Å². The highest BCUT2D eigenvalue weighted by atomic mass is 16.5. The maximum absolute atomic E-state index is 11.8. The number of rotatable bonds is 6. The van der Waals surface area contributed by atoms with Crippen molar-refractivity contribution in [3.05, 3.63) is 35.4 Å². The second-order valence-electron chi connectivity index (χ2n) is 6.37. The predicted molar refractivity (Wildman–Crippen MR) is 82.9 cm³/mol. The largest absolute Gasteiger partial charge is 0.383 e. The summed E-state index contributed by atoms with van der Waals surface area (Å²) < 4.78 is 5.00. The van der Waals surface area contributed by atoms with Crippen LogP contribution in [-0.4, -0.2) is 25.7 Å². The van der Waals surface area contributed by atoms with Gasteiger partial charge in [0.05, 0.1) is 6.61 Å². The third-order valence-corrected chi connectivity index (χ3v) is 3.28. The van der Waals surface area contributed by atoms with Crippen molar-refractivity contribution >= 4 is 5.91 Å². The Bertz CT molecular complexity index is 418. The van der Waals surface area contributed by atoms with Crippen LogP contribution in [0.2, 0.25) is 0 Å². The second-order valence-corrected chi connectivity index (χ2v) is 6.37. The first-order valence-corrected chi connectivity index (χ1v) is 7.20. The molecule has 1 N–H and O–H groups in total. The van der Waals surface area contributed by atoms with Crippen LogP contribution < -0.4 is 5.32 Å². The summed E-state index contributed by atoms with van der Waals surface area (Å²) in [6, 6.07) is 8.61. The molecule has 3 heteroatoms. The quantitative estimate of drug-likeness (QED) is 0.868. The first-order chi connectivity index (χ1) is 9.32. The molecule has 3 nitrogen and oxygen atoms in total. The van der Waals surface area contributed by atoms with Crippen LogP contribution in [0.3, 0.4) is 0 Å². The molecule has 0 aliphatic rings. The van der Waals surface area contributed by atoms with Gasteiger partial charge in [-0.1, -0.05) is 45.0 Å². The van der Waals surface area contributed by atoms with Crippen molar-refractivity contribution < 1.29 is 9.53 Å². The lowest BCUT2D eigenvalue weighted by molar-refractivity contribution is -0.122. The van der Waals surface area contributed by atoms with Crippen molar-refractivity contribution in [2.24, 2.45) is 0 Å². The van der Waals surface area contributed by atoms with Crippen LogP contribution >= 0.6 is 0 Å². The van der Waals surface area contributed by atoms with E-state index in [9.17, 15) is 4.79 Å². The lowest BCUT2D eigenvalue weighted by atomic mass is 9.86. The summed E-state index contributed by atoms with van der Waals surface area (Å²) in [5.74, 6) is 0.0782. The van der Waals surface area contributed by atoms with E-state index >= 15 is 0 Å². The van der Waals surface area contributed by atoms with E-state index in [4.69, 9.17) is 4.74 Å². The fourth-order valence-corrected chi connectivity index (χ4v) is 2.07. The Hall–Kier alpha value is -1.35. The van der Waals surface area contributed by atoms with E-state index in [0.29, 0.717) is 13.0 Å². The number of carbonyl (C=O) groups is 1. The summed E-state index contributed by atoms with van der Waals surface area (Å²) in [7, 11) is 1.64. The molecule has 0 spiro atoms. The van der Waals surface area contributed by atoms with Crippen LogP contribution in [0.1, 0.15) is 45.2 Å². The molecule has 1 aromatic rings. The third kappa shape index (κ3) is 5.74. The number of nitrogens with one attached hydrogen (secondary N) is 1. The number of methoxy groups -OCH3 is 1. The van der Waals surface area contributed by atoms with Gasteiger partial charge in [-0.2, -0.15) is 0 Å². The molecular formula is C17H27NO2. The fraction of sp³-hybridized carbons (Fsp3) is 0.588. The van der Waals surface area contributed by atoms with Gasteiger partial charge in [0.1, 0.15) is 0 Å². The number of ether oxygens (including phenoxy) is 1. The molecule has 0 aromatic heterocycles. The van der Waals surface area contributed by atoms with Crippen LogP contribution in [0.5, 0.6) is 0 Å². The van der Waals surface area contributed by atoms with Crippen LogP contribution in [0.15, 0.2) is 24.3 Å². The Kier molecular flexibility index (Phi) is 6.21. The number of hydrogen-bond acceptors (Lipinski definition) is 2. The Morgan fingerprint density at radius 1 is 1.25 bits per heavy atom. The molecule has 0 fully saturated rings. The van der Waals surface area contributed by atoms with Gasteiger partial charge in [0, 0.05) is 19.6 Å². The minimum absolute atomic E-state index is 0.0655. The van der Waals surface area contributed by atoms with Gasteiger partial charge >= 0.3 is 0 Å². The molecule has 112 valence electrons. The third-order valence-electron chi connectivity index (χ3n) is 3.28. The fourth-order valence-electron chi connectivity index (χ4n) is 2.07. The van der Waals surface area contributed by atoms with E-state index in [-0.39, 0.29) is 17.4 Å². The van der Waals surface area contributed by atoms with Gasteiger partial charge in [-0.3, -0.25) is 4.79 Å². The maximum atomic E-state index is 11.8. The van der Waals surface area contributed by atoms with Crippen LogP contribution in [-0.2, 0) is 21.4 Å². The molecular weight excluding hydrogens is 250 g/mol. The second kappa shape index (κ2) is 7.44. The Morgan fingerprint density at radius 3 is 2.35 bits per heavy atom. The monoisotopic (exact) mass is 277 g/mol. The first-order valence-electron chi connectivity index (χ1n) is 7.20. The summed E-state index contributed by atoms with van der Waals surface area (Å²) in [6.45, 7) is 9.09. The molecule has 0 aliphatic carbocycles. The molecule has 0 bridgehead atoms. The minimum atomic E-state index is 0.0655. The smallest absolute Gasteiger partial charge is 0.220 e. The zero-order valence-electron chi connectivity index (χ0n) is 13.3. The standard InChI is InChI=1S/C17H27NO2/c1-13(12-20-5)18-16(19)11-8-14-6-9-15(10-7-14)17(2,3)4/h6-7,9-10,13H,8,11-12H2,1-5H3,(H,18,19)/t13-/m0/s1. The number of hydrogen-bond donors (Lipinski definition) is 1. The van der Waals surface area contributed by atoms with E-state index < -0.39 is 0 Å². The maximum Gasteiger partial charge on any atom is 0.220 e. The van der Waals surface area contributed by atoms with Crippen molar-refractivity contribution in [3.8, 4) is 0 Å². The Labute approximate surface area is 122 Å². The zero-order chi connectivity index (χ0) is 15.2. The number of aryl methyl sites for hydroxylation is 1. The summed E-state index contributed by atoms with van der Waals surface area (Å²) in [5, 5.41) is 2.92. The molecule has 1 rings (SSSR count). The van der Waals surface area contributed by atoms with Crippen LogP contribution in [0.25, 0.3) is 0 Å². The topological polar surface area (TPSA) is 38.3 Å². The number of carbonyl (C=O) groups excluding carboxylic acids is 1. The predicted octanol–water partition coefficient (Wildman–Crippen LogP) is 3.07. The summed E-state index contributed by atoms with van der Waals surface area (Å²) in [4.78, 5) is 11.8. The summed E-state index contributed by atoms with van der Waals surface area (Å²) in [5.41, 5.74) is 2.69. The number of amides is 1. The highest BCUT2D eigenvalue weighted by Gasteiger charge is 2.13.